The first-order valence-electron chi connectivity index (χ1n) is 5.52. The molecule has 0 amide bonds. The van der Waals surface area contributed by atoms with E-state index in [0.717, 1.165) is 0 Å². The van der Waals surface area contributed by atoms with Gasteiger partial charge >= 0.3 is 7.32 Å². The molecule has 0 aliphatic heterocycles. The van der Waals surface area contributed by atoms with E-state index in [4.69, 9.17) is 31.9 Å². The van der Waals surface area contributed by atoms with Crippen LogP contribution < -0.4 is 4.65 Å². The third-order valence-corrected chi connectivity index (χ3v) is 2.64. The summed E-state index contributed by atoms with van der Waals surface area (Å²) in [6, 6.07) is 2.84. The molecule has 0 saturated carbocycles. The van der Waals surface area contributed by atoms with E-state index in [1.54, 1.807) is 27.7 Å². The Morgan fingerprint density at radius 3 is 1.95 bits per heavy atom. The highest BCUT2D eigenvalue weighted by Crippen LogP contribution is 2.19. The number of hydrogen-bond acceptors (Lipinski definition) is 6. The summed E-state index contributed by atoms with van der Waals surface area (Å²) in [5, 5.41) is 35.2. The molecule has 19 heavy (non-hydrogen) atoms. The van der Waals surface area contributed by atoms with Crippen LogP contribution in [0.3, 0.4) is 0 Å². The van der Waals surface area contributed by atoms with E-state index in [-0.39, 0.29) is 10.9 Å². The van der Waals surface area contributed by atoms with E-state index >= 15 is 0 Å². The van der Waals surface area contributed by atoms with Crippen molar-refractivity contribution in [2.24, 2.45) is 0 Å². The van der Waals surface area contributed by atoms with Gasteiger partial charge in [0.15, 0.2) is 0 Å². The molecular formula is C11H19BClNO5. The molecule has 4 N–H and O–H groups in total. The molecule has 1 heterocycles. The number of hydrogen-bond donors (Lipinski definition) is 4. The largest absolute Gasteiger partial charge is 0.707 e. The van der Waals surface area contributed by atoms with E-state index in [2.05, 4.69) is 9.64 Å². The van der Waals surface area contributed by atoms with Crippen molar-refractivity contribution in [1.29, 1.82) is 0 Å². The Bertz CT molecular complexity index is 377. The fraction of sp³-hybridized carbons (Fsp3) is 0.545. The maximum absolute atomic E-state index is 9.10. The molecule has 0 bridgehead atoms. The lowest BCUT2D eigenvalue weighted by atomic mass is 9.90. The molecule has 8 heteroatoms. The highest BCUT2D eigenvalue weighted by molar-refractivity contribution is 6.34. The van der Waals surface area contributed by atoms with Crippen molar-refractivity contribution in [3.63, 3.8) is 0 Å². The zero-order valence-electron chi connectivity index (χ0n) is 11.3. The van der Waals surface area contributed by atoms with Crippen LogP contribution in [0.5, 0.6) is 5.75 Å². The minimum Gasteiger partial charge on any atom is -0.512 e. The second kappa shape index (κ2) is 7.07. The molecule has 0 radical (unpaired) electrons. The van der Waals surface area contributed by atoms with Crippen LogP contribution in [0, 0.1) is 0 Å². The number of pyridine rings is 1. The van der Waals surface area contributed by atoms with Crippen molar-refractivity contribution in [3.05, 3.63) is 23.5 Å². The van der Waals surface area contributed by atoms with Crippen LogP contribution in [0.25, 0.3) is 0 Å². The Hall–Kier alpha value is -0.855. The number of rotatable bonds is 3. The van der Waals surface area contributed by atoms with Gasteiger partial charge in [-0.2, -0.15) is 0 Å². The normalized spacial score (nSPS) is 11.4. The fourth-order valence-electron chi connectivity index (χ4n) is 0.580. The van der Waals surface area contributed by atoms with Crippen molar-refractivity contribution >= 4 is 18.9 Å². The molecule has 0 aliphatic rings. The van der Waals surface area contributed by atoms with Crippen LogP contribution in [-0.4, -0.2) is 43.8 Å². The summed E-state index contributed by atoms with van der Waals surface area (Å²) in [5.74, 6) is 0.264. The quantitative estimate of drug-likeness (QED) is 0.481. The molecule has 1 aromatic heterocycles. The van der Waals surface area contributed by atoms with Crippen LogP contribution in [0.1, 0.15) is 27.7 Å². The summed E-state index contributed by atoms with van der Waals surface area (Å²) >= 11 is 5.47. The van der Waals surface area contributed by atoms with Crippen molar-refractivity contribution in [2.45, 2.75) is 38.9 Å². The van der Waals surface area contributed by atoms with Gasteiger partial charge in [-0.1, -0.05) is 11.6 Å². The first-order valence-corrected chi connectivity index (χ1v) is 5.90. The van der Waals surface area contributed by atoms with E-state index in [0.29, 0.717) is 0 Å². The molecule has 1 aromatic rings. The third kappa shape index (κ3) is 8.02. The zero-order chi connectivity index (χ0) is 15.3. The van der Waals surface area contributed by atoms with E-state index in [9.17, 15) is 0 Å². The van der Waals surface area contributed by atoms with Gasteiger partial charge in [0.2, 0.25) is 0 Å². The summed E-state index contributed by atoms with van der Waals surface area (Å²) in [4.78, 5) is 3.67. The van der Waals surface area contributed by atoms with Gasteiger partial charge in [0.25, 0.3) is 0 Å². The molecule has 1 rings (SSSR count). The number of halogens is 1. The molecule has 0 spiro atoms. The lowest BCUT2D eigenvalue weighted by Gasteiger charge is -2.31. The van der Waals surface area contributed by atoms with Crippen molar-refractivity contribution in [1.82, 2.24) is 4.98 Å². The van der Waals surface area contributed by atoms with Crippen LogP contribution in [-0.2, 0) is 0 Å². The maximum Gasteiger partial charge on any atom is 0.707 e. The minimum absolute atomic E-state index is 0.239. The molecule has 6 nitrogen and oxygen atoms in total. The molecular weight excluding hydrogens is 272 g/mol. The van der Waals surface area contributed by atoms with Crippen molar-refractivity contribution in [3.8, 4) is 5.75 Å². The average Bonchev–Trinajstić information content (AvgIpc) is 2.13. The Labute approximate surface area is 117 Å². The van der Waals surface area contributed by atoms with E-state index in [1.807, 2.05) is 0 Å². The summed E-state index contributed by atoms with van der Waals surface area (Å²) in [7, 11) is -1.83. The van der Waals surface area contributed by atoms with E-state index in [1.165, 1.54) is 18.3 Å². The highest BCUT2D eigenvalue weighted by atomic mass is 35.5. The summed E-state index contributed by atoms with van der Waals surface area (Å²) in [6.45, 7) is 6.31. The summed E-state index contributed by atoms with van der Waals surface area (Å²) < 4.78 is 4.48. The first-order chi connectivity index (χ1) is 8.43. The molecule has 0 atom stereocenters. The number of aliphatic hydroxyl groups is 2. The molecule has 0 saturated heterocycles. The Morgan fingerprint density at radius 1 is 1.16 bits per heavy atom. The van der Waals surface area contributed by atoms with Gasteiger partial charge in [0, 0.05) is 12.3 Å². The van der Waals surface area contributed by atoms with Crippen LogP contribution in [0.2, 0.25) is 5.15 Å². The van der Waals surface area contributed by atoms with Gasteiger partial charge < -0.3 is 24.9 Å². The van der Waals surface area contributed by atoms with E-state index < -0.39 is 18.5 Å². The summed E-state index contributed by atoms with van der Waals surface area (Å²) in [6.07, 6.45) is 1.40. The predicted octanol–water partition coefficient (Wildman–Crippen LogP) is 0.611. The van der Waals surface area contributed by atoms with Crippen molar-refractivity contribution in [2.75, 3.05) is 0 Å². The van der Waals surface area contributed by atoms with Crippen LogP contribution in [0.4, 0.5) is 0 Å². The second-order valence-electron chi connectivity index (χ2n) is 4.88. The summed E-state index contributed by atoms with van der Waals surface area (Å²) in [5.41, 5.74) is -2.01. The van der Waals surface area contributed by atoms with Crippen LogP contribution >= 0.6 is 11.6 Å². The molecule has 108 valence electrons. The minimum atomic E-state index is -1.83. The van der Waals surface area contributed by atoms with Gasteiger partial charge in [-0.3, -0.25) is 0 Å². The van der Waals surface area contributed by atoms with Gasteiger partial charge in [-0.25, -0.2) is 4.98 Å². The smallest absolute Gasteiger partial charge is 0.512 e. The fourth-order valence-corrected chi connectivity index (χ4v) is 0.744. The van der Waals surface area contributed by atoms with Gasteiger partial charge in [-0.15, -0.1) is 0 Å². The Balaban J connectivity index is 0.000000362. The highest BCUT2D eigenvalue weighted by Gasteiger charge is 2.31. The lowest BCUT2D eigenvalue weighted by Crippen LogP contribution is -2.44. The average molecular weight is 292 g/mol. The molecule has 0 fully saturated rings. The SMILES string of the molecule is CC(C)(O)C(C)(C)O.OB(O)Oc1ccnc(Cl)c1. The van der Waals surface area contributed by atoms with Crippen LogP contribution in [0.15, 0.2) is 18.3 Å². The maximum atomic E-state index is 9.10. The topological polar surface area (TPSA) is 103 Å². The lowest BCUT2D eigenvalue weighted by molar-refractivity contribution is -0.107. The van der Waals surface area contributed by atoms with Gasteiger partial charge in [0.05, 0.1) is 11.2 Å². The van der Waals surface area contributed by atoms with Gasteiger partial charge in [0.1, 0.15) is 10.9 Å². The Morgan fingerprint density at radius 2 is 1.63 bits per heavy atom. The zero-order valence-corrected chi connectivity index (χ0v) is 12.1. The monoisotopic (exact) mass is 291 g/mol. The van der Waals surface area contributed by atoms with Gasteiger partial charge in [-0.05, 0) is 33.8 Å². The first kappa shape index (κ1) is 18.1. The number of aromatic nitrogens is 1. The predicted molar refractivity (Wildman–Crippen MR) is 72.7 cm³/mol. The standard InChI is InChI=1S/C6H14O2.C5H5BClNO3/c1-5(2,7)6(3,4)8;7-5-3-4(1-2-8-5)11-6(9)10/h7-8H,1-4H3;1-3,9-10H. The molecule has 0 aromatic carbocycles. The third-order valence-electron chi connectivity index (χ3n) is 2.44. The molecule has 0 aliphatic carbocycles. The molecule has 0 unspecified atom stereocenters. The Kier molecular flexibility index (Phi) is 6.75. The number of nitrogens with zero attached hydrogens (tertiary/aromatic N) is 1. The second-order valence-corrected chi connectivity index (χ2v) is 5.26. The van der Waals surface area contributed by atoms with Crippen molar-refractivity contribution < 1.29 is 24.9 Å².